The highest BCUT2D eigenvalue weighted by Crippen LogP contribution is 2.06. The third kappa shape index (κ3) is 12.9. The zero-order valence-corrected chi connectivity index (χ0v) is 14.8. The van der Waals surface area contributed by atoms with Gasteiger partial charge in [0, 0.05) is 13.2 Å². The first-order valence-corrected chi connectivity index (χ1v) is 7.79. The first kappa shape index (κ1) is 19.2. The molecule has 16 heavy (non-hydrogen) atoms. The van der Waals surface area contributed by atoms with E-state index >= 15 is 0 Å². The zero-order valence-electron chi connectivity index (χ0n) is 11.5. The lowest BCUT2D eigenvalue weighted by Gasteiger charge is -2.24. The number of quaternary nitrogens is 1. The quantitative estimate of drug-likeness (QED) is 0.222. The van der Waals surface area contributed by atoms with E-state index in [4.69, 9.17) is 8.85 Å². The minimum Gasteiger partial charge on any atom is -1.00 e. The van der Waals surface area contributed by atoms with Gasteiger partial charge in [-0.15, -0.1) is 0 Å². The monoisotopic (exact) mass is 361 g/mol. The largest absolute Gasteiger partial charge is 1.00 e. The fourth-order valence-corrected chi connectivity index (χ4v) is 3.28. The van der Waals surface area contributed by atoms with Crippen molar-refractivity contribution in [2.75, 3.05) is 40.9 Å². The van der Waals surface area contributed by atoms with Crippen molar-refractivity contribution in [2.45, 2.75) is 32.7 Å². The van der Waals surface area contributed by atoms with Crippen LogP contribution in [0.15, 0.2) is 0 Å². The van der Waals surface area contributed by atoms with Gasteiger partial charge in [0.05, 0.1) is 27.7 Å². The summed E-state index contributed by atoms with van der Waals surface area (Å²) in [5.41, 5.74) is 0. The molecule has 0 aromatic heterocycles. The van der Waals surface area contributed by atoms with Crippen molar-refractivity contribution in [3.8, 4) is 0 Å². The number of unbranched alkanes of at least 4 members (excludes halogenated alkanes) is 1. The molecule has 0 bridgehead atoms. The molecular formula is C11H28INO2Si. The van der Waals surface area contributed by atoms with Gasteiger partial charge in [0.15, 0.2) is 0 Å². The summed E-state index contributed by atoms with van der Waals surface area (Å²) < 4.78 is 12.3. The Balaban J connectivity index is 0. The molecule has 0 aromatic rings. The Labute approximate surface area is 120 Å². The summed E-state index contributed by atoms with van der Waals surface area (Å²) in [6.07, 6.45) is 2.51. The molecule has 0 aromatic carbocycles. The van der Waals surface area contributed by atoms with Gasteiger partial charge in [-0.05, 0) is 32.7 Å². The Hall–Kier alpha value is 0.827. The number of hydrogen-bond donors (Lipinski definition) is 0. The van der Waals surface area contributed by atoms with Crippen LogP contribution in [-0.2, 0) is 8.85 Å². The molecule has 5 heteroatoms. The molecule has 0 aliphatic rings. The molecule has 0 aliphatic carbocycles. The number of rotatable bonds is 9. The highest BCUT2D eigenvalue weighted by atomic mass is 127. The molecule has 0 aliphatic heterocycles. The van der Waals surface area contributed by atoms with Crippen molar-refractivity contribution in [2.24, 2.45) is 0 Å². The van der Waals surface area contributed by atoms with E-state index < -0.39 is 9.28 Å². The van der Waals surface area contributed by atoms with Crippen molar-refractivity contribution in [1.82, 2.24) is 0 Å². The normalized spacial score (nSPS) is 11.6. The second-order valence-electron chi connectivity index (χ2n) is 4.85. The average Bonchev–Trinajstić information content (AvgIpc) is 2.11. The molecule has 0 saturated carbocycles. The van der Waals surface area contributed by atoms with E-state index in [9.17, 15) is 0 Å². The second-order valence-corrected chi connectivity index (χ2v) is 6.95. The fourth-order valence-electron chi connectivity index (χ4n) is 1.48. The highest BCUT2D eigenvalue weighted by Gasteiger charge is 2.13. The topological polar surface area (TPSA) is 18.5 Å². The average molecular weight is 361 g/mol. The van der Waals surface area contributed by atoms with Gasteiger partial charge in [0.1, 0.15) is 0 Å². The van der Waals surface area contributed by atoms with Crippen LogP contribution in [0.5, 0.6) is 0 Å². The smallest absolute Gasteiger partial charge is 0.321 e. The van der Waals surface area contributed by atoms with Crippen LogP contribution in [0.2, 0.25) is 6.04 Å². The Bertz CT molecular complexity index is 147. The molecule has 0 fully saturated rings. The molecule has 0 rings (SSSR count). The Kier molecular flexibility index (Phi) is 13.1. The number of halogens is 1. The van der Waals surface area contributed by atoms with Gasteiger partial charge in [0.2, 0.25) is 0 Å². The van der Waals surface area contributed by atoms with Crippen molar-refractivity contribution < 1.29 is 37.3 Å². The van der Waals surface area contributed by atoms with Crippen molar-refractivity contribution in [1.29, 1.82) is 0 Å². The van der Waals surface area contributed by atoms with Gasteiger partial charge in [-0.2, -0.15) is 0 Å². The zero-order chi connectivity index (χ0) is 11.7. The standard InChI is InChI=1S/C11H28NO2Si.HI/c1-6-13-15(14-7-2)11-9-8-10-12(3,4)5;/h15H,6-11H2,1-5H3;1H/q+1;/p-1. The molecule has 100 valence electrons. The van der Waals surface area contributed by atoms with Crippen LogP contribution < -0.4 is 24.0 Å². The summed E-state index contributed by atoms with van der Waals surface area (Å²) in [6.45, 7) is 6.92. The first-order valence-electron chi connectivity index (χ1n) is 6.03. The first-order chi connectivity index (χ1) is 6.99. The molecule has 0 N–H and O–H groups in total. The van der Waals surface area contributed by atoms with E-state index in [1.54, 1.807) is 0 Å². The summed E-state index contributed by atoms with van der Waals surface area (Å²) in [7, 11) is 5.38. The molecule has 0 spiro atoms. The van der Waals surface area contributed by atoms with Gasteiger partial charge >= 0.3 is 9.28 Å². The van der Waals surface area contributed by atoms with Crippen molar-refractivity contribution in [3.63, 3.8) is 0 Å². The molecular weight excluding hydrogens is 333 g/mol. The molecule has 3 nitrogen and oxygen atoms in total. The maximum atomic E-state index is 5.63. The lowest BCUT2D eigenvalue weighted by molar-refractivity contribution is -0.870. The molecule has 0 amide bonds. The van der Waals surface area contributed by atoms with Crippen molar-refractivity contribution in [3.05, 3.63) is 0 Å². The highest BCUT2D eigenvalue weighted by molar-refractivity contribution is 6.44. The van der Waals surface area contributed by atoms with Crippen LogP contribution in [0, 0.1) is 0 Å². The van der Waals surface area contributed by atoms with E-state index in [-0.39, 0.29) is 24.0 Å². The van der Waals surface area contributed by atoms with Gasteiger partial charge in [-0.3, -0.25) is 0 Å². The summed E-state index contributed by atoms with van der Waals surface area (Å²) in [5, 5.41) is 0. The van der Waals surface area contributed by atoms with E-state index in [0.29, 0.717) is 0 Å². The minimum absolute atomic E-state index is 0. The summed E-state index contributed by atoms with van der Waals surface area (Å²) in [5.74, 6) is 0. The predicted octanol–water partition coefficient (Wildman–Crippen LogP) is -1.23. The lowest BCUT2D eigenvalue weighted by Crippen LogP contribution is -3.00. The predicted molar refractivity (Wildman–Crippen MR) is 67.3 cm³/mol. The summed E-state index contributed by atoms with van der Waals surface area (Å²) in [6, 6.07) is 1.15. The lowest BCUT2D eigenvalue weighted by atomic mass is 10.3. The second kappa shape index (κ2) is 10.9. The Morgan fingerprint density at radius 3 is 1.81 bits per heavy atom. The molecule has 0 radical (unpaired) electrons. The van der Waals surface area contributed by atoms with Crippen LogP contribution in [-0.4, -0.2) is 54.7 Å². The van der Waals surface area contributed by atoms with E-state index in [2.05, 4.69) is 21.1 Å². The van der Waals surface area contributed by atoms with Crippen LogP contribution >= 0.6 is 0 Å². The molecule has 0 unspecified atom stereocenters. The molecule has 0 heterocycles. The Morgan fingerprint density at radius 1 is 0.938 bits per heavy atom. The van der Waals surface area contributed by atoms with Crippen LogP contribution in [0.4, 0.5) is 0 Å². The van der Waals surface area contributed by atoms with E-state index in [1.807, 2.05) is 13.8 Å². The number of nitrogens with zero attached hydrogens (tertiary/aromatic N) is 1. The fraction of sp³-hybridized carbons (Fsp3) is 1.00. The number of hydrogen-bond acceptors (Lipinski definition) is 2. The van der Waals surface area contributed by atoms with Gasteiger partial charge < -0.3 is 37.3 Å². The third-order valence-electron chi connectivity index (χ3n) is 2.22. The maximum Gasteiger partial charge on any atom is 0.321 e. The summed E-state index contributed by atoms with van der Waals surface area (Å²) in [4.78, 5) is 0. The maximum absolute atomic E-state index is 5.63. The van der Waals surface area contributed by atoms with Crippen LogP contribution in [0.1, 0.15) is 26.7 Å². The molecule has 0 saturated heterocycles. The van der Waals surface area contributed by atoms with E-state index in [1.165, 1.54) is 19.4 Å². The SMILES string of the molecule is CCO[SiH](CCCC[N+](C)(C)C)OCC.[I-]. The van der Waals surface area contributed by atoms with Crippen molar-refractivity contribution >= 4 is 9.28 Å². The van der Waals surface area contributed by atoms with Gasteiger partial charge in [0.25, 0.3) is 0 Å². The van der Waals surface area contributed by atoms with Crippen LogP contribution in [0.3, 0.4) is 0 Å². The van der Waals surface area contributed by atoms with Crippen LogP contribution in [0.25, 0.3) is 0 Å². The van der Waals surface area contributed by atoms with E-state index in [0.717, 1.165) is 23.7 Å². The van der Waals surface area contributed by atoms with Gasteiger partial charge in [-0.25, -0.2) is 0 Å². The summed E-state index contributed by atoms with van der Waals surface area (Å²) >= 11 is 0. The van der Waals surface area contributed by atoms with Gasteiger partial charge in [-0.1, -0.05) is 0 Å². The Morgan fingerprint density at radius 2 is 1.44 bits per heavy atom. The minimum atomic E-state index is -1.33. The molecule has 0 atom stereocenters. The third-order valence-corrected chi connectivity index (χ3v) is 4.51.